The number of halogens is 1. The number of piperidine rings is 1. The van der Waals surface area contributed by atoms with Crippen LogP contribution in [-0.2, 0) is 13.5 Å². The molecule has 0 spiro atoms. The quantitative estimate of drug-likeness (QED) is 0.870. The van der Waals surface area contributed by atoms with Crippen molar-refractivity contribution in [3.63, 3.8) is 0 Å². The predicted molar refractivity (Wildman–Crippen MR) is 86.6 cm³/mol. The lowest BCUT2D eigenvalue weighted by molar-refractivity contribution is 0.0657. The summed E-state index contributed by atoms with van der Waals surface area (Å²) >= 11 is 0. The smallest absolute Gasteiger partial charge is 0.272 e. The maximum atomic E-state index is 13.7. The van der Waals surface area contributed by atoms with Crippen molar-refractivity contribution in [2.75, 3.05) is 13.1 Å². The first-order chi connectivity index (χ1) is 11.1. The van der Waals surface area contributed by atoms with Crippen molar-refractivity contribution in [1.82, 2.24) is 14.7 Å². The van der Waals surface area contributed by atoms with Gasteiger partial charge in [0.2, 0.25) is 0 Å². The molecule has 1 aromatic heterocycles. The topological polar surface area (TPSA) is 38.1 Å². The minimum Gasteiger partial charge on any atom is -0.337 e. The third-order valence-corrected chi connectivity index (χ3v) is 4.63. The average Bonchev–Trinajstić information content (AvgIpc) is 3.00. The molecule has 1 saturated heterocycles. The van der Waals surface area contributed by atoms with E-state index in [4.69, 9.17) is 0 Å². The zero-order chi connectivity index (χ0) is 16.2. The van der Waals surface area contributed by atoms with Crippen LogP contribution in [0, 0.1) is 11.7 Å². The van der Waals surface area contributed by atoms with E-state index in [1.807, 2.05) is 17.0 Å². The van der Waals surface area contributed by atoms with Crippen LogP contribution < -0.4 is 0 Å². The van der Waals surface area contributed by atoms with E-state index in [1.54, 1.807) is 30.1 Å². The number of hydrogen-bond donors (Lipinski definition) is 0. The third-order valence-electron chi connectivity index (χ3n) is 4.63. The monoisotopic (exact) mass is 315 g/mol. The fourth-order valence-corrected chi connectivity index (χ4v) is 3.29. The minimum atomic E-state index is -0.133. The molecule has 5 heteroatoms. The molecule has 0 N–H and O–H groups in total. The Labute approximate surface area is 135 Å². The van der Waals surface area contributed by atoms with E-state index >= 15 is 0 Å². The van der Waals surface area contributed by atoms with Crippen LogP contribution in [0.25, 0.3) is 0 Å². The summed E-state index contributed by atoms with van der Waals surface area (Å²) in [7, 11) is 1.78. The zero-order valence-corrected chi connectivity index (χ0v) is 13.4. The van der Waals surface area contributed by atoms with Crippen molar-refractivity contribution < 1.29 is 9.18 Å². The van der Waals surface area contributed by atoms with Gasteiger partial charge in [0, 0.05) is 26.3 Å². The maximum absolute atomic E-state index is 13.7. The molecular formula is C18H22FN3O. The van der Waals surface area contributed by atoms with Crippen molar-refractivity contribution in [3.05, 3.63) is 53.6 Å². The fraction of sp³-hybridized carbons (Fsp3) is 0.444. The Balaban J connectivity index is 1.59. The molecule has 0 saturated carbocycles. The molecule has 1 fully saturated rings. The number of likely N-dealkylation sites (tertiary alicyclic amines) is 1. The Kier molecular flexibility index (Phi) is 4.74. The number of aryl methyl sites for hydroxylation is 2. The van der Waals surface area contributed by atoms with Crippen molar-refractivity contribution in [2.45, 2.75) is 25.7 Å². The summed E-state index contributed by atoms with van der Waals surface area (Å²) in [6.07, 6.45) is 5.39. The van der Waals surface area contributed by atoms with E-state index in [0.717, 1.165) is 44.3 Å². The average molecular weight is 315 g/mol. The maximum Gasteiger partial charge on any atom is 0.272 e. The van der Waals surface area contributed by atoms with Crippen LogP contribution in [0.3, 0.4) is 0 Å². The predicted octanol–water partition coefficient (Wildman–Crippen LogP) is 3.04. The molecule has 1 aromatic carbocycles. The van der Waals surface area contributed by atoms with Gasteiger partial charge < -0.3 is 4.90 Å². The van der Waals surface area contributed by atoms with Gasteiger partial charge in [-0.3, -0.25) is 9.48 Å². The van der Waals surface area contributed by atoms with Crippen molar-refractivity contribution in [2.24, 2.45) is 13.0 Å². The number of aromatic nitrogens is 2. The molecule has 2 heterocycles. The SMILES string of the molecule is Cn1nccc1C(=O)N1CCCC(CCc2ccccc2F)C1. The standard InChI is InChI=1S/C18H22FN3O/c1-21-17(10-11-20-21)18(23)22-12-4-5-14(13-22)8-9-15-6-2-3-7-16(15)19/h2-3,6-7,10-11,14H,4-5,8-9,12-13H2,1H3. The summed E-state index contributed by atoms with van der Waals surface area (Å²) in [6, 6.07) is 8.70. The first-order valence-corrected chi connectivity index (χ1v) is 8.16. The van der Waals surface area contributed by atoms with Crippen LogP contribution in [0.15, 0.2) is 36.5 Å². The molecular weight excluding hydrogens is 293 g/mol. The molecule has 1 unspecified atom stereocenters. The number of rotatable bonds is 4. The molecule has 1 atom stereocenters. The second kappa shape index (κ2) is 6.94. The number of benzene rings is 1. The molecule has 1 aliphatic rings. The zero-order valence-electron chi connectivity index (χ0n) is 13.4. The number of amides is 1. The van der Waals surface area contributed by atoms with Crippen LogP contribution in [-0.4, -0.2) is 33.7 Å². The highest BCUT2D eigenvalue weighted by molar-refractivity contribution is 5.92. The number of carbonyl (C=O) groups excluding carboxylic acids is 1. The molecule has 0 radical (unpaired) electrons. The van der Waals surface area contributed by atoms with Crippen LogP contribution >= 0.6 is 0 Å². The van der Waals surface area contributed by atoms with Gasteiger partial charge in [-0.25, -0.2) is 4.39 Å². The van der Waals surface area contributed by atoms with Crippen LogP contribution in [0.1, 0.15) is 35.3 Å². The number of carbonyl (C=O) groups is 1. The first-order valence-electron chi connectivity index (χ1n) is 8.16. The largest absolute Gasteiger partial charge is 0.337 e. The highest BCUT2D eigenvalue weighted by Gasteiger charge is 2.25. The normalized spacial score (nSPS) is 18.2. The van der Waals surface area contributed by atoms with Gasteiger partial charge in [-0.1, -0.05) is 18.2 Å². The first kappa shape index (κ1) is 15.7. The van der Waals surface area contributed by atoms with Crippen LogP contribution in [0.4, 0.5) is 4.39 Å². The number of nitrogens with zero attached hydrogens (tertiary/aromatic N) is 3. The fourth-order valence-electron chi connectivity index (χ4n) is 3.29. The van der Waals surface area contributed by atoms with Gasteiger partial charge >= 0.3 is 0 Å². The molecule has 0 bridgehead atoms. The van der Waals surface area contributed by atoms with E-state index in [0.29, 0.717) is 11.6 Å². The van der Waals surface area contributed by atoms with Gasteiger partial charge in [0.1, 0.15) is 11.5 Å². The molecule has 1 aliphatic heterocycles. The summed E-state index contributed by atoms with van der Waals surface area (Å²) in [4.78, 5) is 14.5. The second-order valence-electron chi connectivity index (χ2n) is 6.23. The Bertz CT molecular complexity index is 682. The van der Waals surface area contributed by atoms with Crippen LogP contribution in [0.2, 0.25) is 0 Å². The Morgan fingerprint density at radius 1 is 1.35 bits per heavy atom. The highest BCUT2D eigenvalue weighted by atomic mass is 19.1. The van der Waals surface area contributed by atoms with Gasteiger partial charge in [-0.2, -0.15) is 5.10 Å². The summed E-state index contributed by atoms with van der Waals surface area (Å²) < 4.78 is 15.3. The second-order valence-corrected chi connectivity index (χ2v) is 6.23. The van der Waals surface area contributed by atoms with Gasteiger partial charge in [-0.05, 0) is 49.3 Å². The summed E-state index contributed by atoms with van der Waals surface area (Å²) in [5.74, 6) is 0.340. The van der Waals surface area contributed by atoms with Crippen molar-refractivity contribution in [1.29, 1.82) is 0 Å². The van der Waals surface area contributed by atoms with E-state index in [-0.39, 0.29) is 11.7 Å². The molecule has 0 aliphatic carbocycles. The molecule has 2 aromatic rings. The molecule has 4 nitrogen and oxygen atoms in total. The van der Waals surface area contributed by atoms with Gasteiger partial charge in [0.15, 0.2) is 0 Å². The van der Waals surface area contributed by atoms with Gasteiger partial charge in [-0.15, -0.1) is 0 Å². The lowest BCUT2D eigenvalue weighted by Crippen LogP contribution is -2.40. The third kappa shape index (κ3) is 3.60. The summed E-state index contributed by atoms with van der Waals surface area (Å²) in [5, 5.41) is 4.06. The Morgan fingerprint density at radius 3 is 2.91 bits per heavy atom. The van der Waals surface area contributed by atoms with Gasteiger partial charge in [0.05, 0.1) is 0 Å². The van der Waals surface area contributed by atoms with Crippen molar-refractivity contribution in [3.8, 4) is 0 Å². The van der Waals surface area contributed by atoms with Gasteiger partial charge in [0.25, 0.3) is 5.91 Å². The van der Waals surface area contributed by atoms with E-state index in [2.05, 4.69) is 5.10 Å². The number of hydrogen-bond acceptors (Lipinski definition) is 2. The van der Waals surface area contributed by atoms with E-state index in [1.165, 1.54) is 6.07 Å². The summed E-state index contributed by atoms with van der Waals surface area (Å²) in [6.45, 7) is 1.54. The highest BCUT2D eigenvalue weighted by Crippen LogP contribution is 2.23. The Morgan fingerprint density at radius 2 is 2.17 bits per heavy atom. The van der Waals surface area contributed by atoms with Crippen LogP contribution in [0.5, 0.6) is 0 Å². The molecule has 3 rings (SSSR count). The molecule has 23 heavy (non-hydrogen) atoms. The lowest BCUT2D eigenvalue weighted by atomic mass is 9.91. The minimum absolute atomic E-state index is 0.0422. The van der Waals surface area contributed by atoms with E-state index in [9.17, 15) is 9.18 Å². The lowest BCUT2D eigenvalue weighted by Gasteiger charge is -2.32. The summed E-state index contributed by atoms with van der Waals surface area (Å²) in [5.41, 5.74) is 1.39. The molecule has 122 valence electrons. The molecule has 1 amide bonds. The Hall–Kier alpha value is -2.17. The van der Waals surface area contributed by atoms with Crippen molar-refractivity contribution >= 4 is 5.91 Å². The van der Waals surface area contributed by atoms with E-state index < -0.39 is 0 Å².